The van der Waals surface area contributed by atoms with Gasteiger partial charge in [0.25, 0.3) is 0 Å². The zero-order chi connectivity index (χ0) is 59.3. The molecule has 1 heterocycles. The number of hydrogen-bond acceptors (Lipinski definition) is 0. The van der Waals surface area contributed by atoms with Crippen LogP contribution in [0.1, 0.15) is 38.8 Å². The Kier molecular flexibility index (Phi) is 20.8. The van der Waals surface area contributed by atoms with Crippen LogP contribution in [0.2, 0.25) is 78.6 Å². The second-order valence-corrected chi connectivity index (χ2v) is 52.8. The summed E-state index contributed by atoms with van der Waals surface area (Å²) in [7, 11) is 4.80. The molecule has 0 N–H and O–H groups in total. The summed E-state index contributed by atoms with van der Waals surface area (Å²) in [6, 6.07) is 74.3. The molecule has 0 aliphatic carbocycles. The molecule has 2 radical (unpaired) electrons. The molecule has 10 aromatic carbocycles. The number of rotatable bonds is 12. The van der Waals surface area contributed by atoms with Gasteiger partial charge in [-0.25, -0.2) is 0 Å². The van der Waals surface area contributed by atoms with Crippen molar-refractivity contribution in [2.45, 2.75) is 119 Å². The summed E-state index contributed by atoms with van der Waals surface area (Å²) in [5.41, 5.74) is 16.6. The Balaban J connectivity index is 0.000000169. The van der Waals surface area contributed by atoms with E-state index in [2.05, 4.69) is 294 Å². The number of benzene rings is 8. The molecule has 10 aromatic rings. The van der Waals surface area contributed by atoms with Gasteiger partial charge in [0, 0.05) is 0 Å². The molecule has 0 saturated carbocycles. The third kappa shape index (κ3) is 15.7. The van der Waals surface area contributed by atoms with Crippen LogP contribution in [0.25, 0.3) is 77.2 Å². The molecule has 11 rings (SSSR count). The van der Waals surface area contributed by atoms with Crippen LogP contribution < -0.4 is 31.1 Å². The van der Waals surface area contributed by atoms with E-state index in [0.717, 1.165) is 22.4 Å². The van der Waals surface area contributed by atoms with Crippen molar-refractivity contribution in [1.82, 2.24) is 0 Å². The van der Waals surface area contributed by atoms with Gasteiger partial charge in [-0.1, -0.05) is 282 Å². The Morgan fingerprint density at radius 1 is 0.415 bits per heavy atom. The Morgan fingerprint density at radius 2 is 0.780 bits per heavy atom. The predicted octanol–water partition coefficient (Wildman–Crippen LogP) is 18.9. The van der Waals surface area contributed by atoms with Crippen molar-refractivity contribution in [2.24, 2.45) is 11.8 Å². The molecule has 8 heteroatoms. The van der Waals surface area contributed by atoms with E-state index in [4.69, 9.17) is 17.0 Å². The predicted molar refractivity (Wildman–Crippen MR) is 377 cm³/mol. The number of hydrogen-bond donors (Lipinski definition) is 0. The molecule has 0 atom stereocenters. The molecule has 0 bridgehead atoms. The van der Waals surface area contributed by atoms with Gasteiger partial charge in [-0.05, 0) is 58.1 Å². The first-order valence-electron chi connectivity index (χ1n) is 29.4. The molecule has 82 heavy (non-hydrogen) atoms. The molecule has 0 spiro atoms. The van der Waals surface area contributed by atoms with Crippen LogP contribution in [0.5, 0.6) is 0 Å². The van der Waals surface area contributed by atoms with E-state index in [1.807, 2.05) is 6.07 Å². The largest absolute Gasteiger partial charge is 0.184 e. The first-order valence-corrected chi connectivity index (χ1v) is 50.8. The van der Waals surface area contributed by atoms with Gasteiger partial charge in [0.2, 0.25) is 0 Å². The Labute approximate surface area is 519 Å². The van der Waals surface area contributed by atoms with Gasteiger partial charge in [0.05, 0.1) is 41.8 Å². The third-order valence-electron chi connectivity index (χ3n) is 15.6. The fraction of sp³-hybridized carbons (Fsp3) is 0.270. The third-order valence-corrected chi connectivity index (χ3v) is 25.0. The maximum Gasteiger partial charge on any atom is 0.0920 e. The van der Waals surface area contributed by atoms with Crippen LogP contribution in [-0.4, -0.2) is 41.8 Å². The summed E-state index contributed by atoms with van der Waals surface area (Å²) < 4.78 is 0. The van der Waals surface area contributed by atoms with Gasteiger partial charge in [0.15, 0.2) is 0 Å². The Bertz CT molecular complexity index is 3460. The van der Waals surface area contributed by atoms with Gasteiger partial charge in [-0.15, -0.1) is 62.5 Å². The van der Waals surface area contributed by atoms with Crippen LogP contribution in [-0.2, 0) is 33.7 Å². The van der Waals surface area contributed by atoms with Crippen LogP contribution in [0.15, 0.2) is 188 Å². The van der Waals surface area contributed by atoms with Gasteiger partial charge in [-0.2, -0.15) is 41.6 Å². The quantitative estimate of drug-likeness (QED) is 0.0845. The normalized spacial score (nSPS) is 12.3. The molecule has 0 unspecified atom stereocenters. The average molecular weight is 1280 g/mol. The number of halogens is 2. The zero-order valence-electron chi connectivity index (χ0n) is 51.7. The van der Waals surface area contributed by atoms with Crippen molar-refractivity contribution >= 4 is 112 Å². The van der Waals surface area contributed by atoms with Crippen molar-refractivity contribution in [3.63, 3.8) is 0 Å². The monoisotopic (exact) mass is 1270 g/mol. The van der Waals surface area contributed by atoms with Gasteiger partial charge >= 0.3 is 37.9 Å². The van der Waals surface area contributed by atoms with Crippen molar-refractivity contribution in [3.05, 3.63) is 205 Å². The van der Waals surface area contributed by atoms with Crippen molar-refractivity contribution in [3.8, 4) is 55.6 Å². The molecule has 0 fully saturated rings. The minimum absolute atomic E-state index is 0.660. The van der Waals surface area contributed by atoms with E-state index >= 15 is 0 Å². The molecule has 0 saturated heterocycles. The van der Waals surface area contributed by atoms with Crippen LogP contribution in [0.4, 0.5) is 0 Å². The molecule has 1 aliphatic rings. The molecule has 422 valence electrons. The van der Waals surface area contributed by atoms with Gasteiger partial charge in [0.1, 0.15) is 0 Å². The second-order valence-electron chi connectivity index (χ2n) is 27.4. The summed E-state index contributed by atoms with van der Waals surface area (Å²) in [4.78, 5) is 0. The van der Waals surface area contributed by atoms with E-state index in [1.54, 1.807) is 20.7 Å². The maximum atomic E-state index is 4.93. The first kappa shape index (κ1) is 63.5. The van der Waals surface area contributed by atoms with Crippen LogP contribution in [0, 0.1) is 17.9 Å². The summed E-state index contributed by atoms with van der Waals surface area (Å²) in [6.07, 6.45) is 2.26. The van der Waals surface area contributed by atoms with E-state index in [0.29, 0.717) is 11.8 Å². The van der Waals surface area contributed by atoms with E-state index < -0.39 is 53.1 Å². The van der Waals surface area contributed by atoms with Crippen LogP contribution in [0.3, 0.4) is 0 Å². The Morgan fingerprint density at radius 3 is 1.16 bits per heavy atom. The van der Waals surface area contributed by atoms with Crippen LogP contribution >= 0.6 is 17.0 Å². The molecular formula is C74H85Cl2Si5Zr-3. The SMILES string of the molecule is CC(C)Cc1cc2c(-c3cc([Si](C)(C)C)cc([Si](C)(C)C)c3)c(-c3ccccc3)ccc2[cH-]1.CC(C)Cc1cc2c(-c3cc([Si](C)(C)C)cc([Si](C)(C)C)c3)c(-c3ccccc3)ccc2[cH-]1.[Cl][Zr][Cl].[c-]1cccc2c1[Si]c1ccccc1-2. The van der Waals surface area contributed by atoms with Gasteiger partial charge in [-0.3, -0.25) is 0 Å². The zero-order valence-corrected chi connectivity index (χ0v) is 60.7. The molecule has 0 aromatic heterocycles. The standard InChI is InChI=1S/2C31H39Si2.C12H7Si.2ClH.Zr/c2*1-22(2)16-23-17-25-14-15-29(24-12-10-9-11-13-24)31(30(25)18-23)26-19-27(32(3,4)5)21-28(20-26)33(6,7)8;1-3-7-11-9(5-1)10-6-2-4-8-12(10)13-11;;;/h2*9-15,17-22H,16H2,1-8H3;1-7H;2*1H;/q3*-1;;;+2/p-2. The topological polar surface area (TPSA) is 0 Å². The molecule has 0 amide bonds. The van der Waals surface area contributed by atoms with Crippen molar-refractivity contribution in [2.75, 3.05) is 0 Å². The molecule has 0 nitrogen and oxygen atoms in total. The van der Waals surface area contributed by atoms with Crippen molar-refractivity contribution in [1.29, 1.82) is 0 Å². The molecule has 1 aliphatic heterocycles. The van der Waals surface area contributed by atoms with Crippen molar-refractivity contribution < 1.29 is 20.8 Å². The second kappa shape index (κ2) is 26.8. The van der Waals surface area contributed by atoms with Gasteiger partial charge < -0.3 is 0 Å². The fourth-order valence-electron chi connectivity index (χ4n) is 11.2. The summed E-state index contributed by atoms with van der Waals surface area (Å²) in [5.74, 6) is 1.32. The fourth-order valence-corrected chi connectivity index (χ4v) is 17.5. The Hall–Kier alpha value is -4.47. The summed E-state index contributed by atoms with van der Waals surface area (Å²) in [6.45, 7) is 38.9. The summed E-state index contributed by atoms with van der Waals surface area (Å²) in [5, 5.41) is 14.7. The average Bonchev–Trinajstić information content (AvgIpc) is 4.03. The first-order chi connectivity index (χ1) is 38.7. The summed E-state index contributed by atoms with van der Waals surface area (Å²) >= 11 is -0.826. The number of fused-ring (bicyclic) bond motifs is 5. The maximum absolute atomic E-state index is 4.93. The van der Waals surface area contributed by atoms with E-state index in [-0.39, 0.29) is 0 Å². The van der Waals surface area contributed by atoms with E-state index in [9.17, 15) is 0 Å². The van der Waals surface area contributed by atoms with E-state index in [1.165, 1.54) is 98.7 Å². The minimum atomic E-state index is -1.47. The minimum Gasteiger partial charge on any atom is -0.184 e. The smallest absolute Gasteiger partial charge is 0.0920 e. The molecular weight excluding hydrogens is 1190 g/mol.